The topological polar surface area (TPSA) is 55.2 Å². The molecule has 0 saturated carbocycles. The zero-order chi connectivity index (χ0) is 15.4. The third-order valence-electron chi connectivity index (χ3n) is 3.21. The van der Waals surface area contributed by atoms with Crippen molar-refractivity contribution in [2.45, 2.75) is 19.5 Å². The number of rotatable bonds is 5. The van der Waals surface area contributed by atoms with E-state index in [1.165, 1.54) is 12.1 Å². The van der Waals surface area contributed by atoms with E-state index in [1.807, 2.05) is 31.2 Å². The lowest BCUT2D eigenvalue weighted by atomic mass is 10.1. The minimum atomic E-state index is -0.420. The molecular weight excluding hydrogens is 356 g/mol. The molecule has 0 radical (unpaired) electrons. The molecule has 2 aromatic carbocycles. The standard InChI is InChI=1S/C15H14BrClN2O2/c1-10(13-4-2-3-5-14(13)16)18-9-11-8-12(19(20)21)6-7-15(11)17/h2-8,10,18H,9H2,1H3/t10-/m0/s1. The Labute approximate surface area is 136 Å². The molecule has 4 nitrogen and oxygen atoms in total. The van der Waals surface area contributed by atoms with Gasteiger partial charge in [0.25, 0.3) is 5.69 Å². The number of nitro groups is 1. The molecular formula is C15H14BrClN2O2. The number of nitrogens with one attached hydrogen (secondary N) is 1. The first-order valence-corrected chi connectivity index (χ1v) is 7.56. The van der Waals surface area contributed by atoms with Gasteiger partial charge >= 0.3 is 0 Å². The molecule has 0 spiro atoms. The van der Waals surface area contributed by atoms with Gasteiger partial charge < -0.3 is 5.32 Å². The van der Waals surface area contributed by atoms with Gasteiger partial charge in [0, 0.05) is 34.2 Å². The fourth-order valence-electron chi connectivity index (χ4n) is 2.01. The molecule has 0 bridgehead atoms. The van der Waals surface area contributed by atoms with Crippen LogP contribution in [-0.2, 0) is 6.54 Å². The van der Waals surface area contributed by atoms with Crippen molar-refractivity contribution in [2.24, 2.45) is 0 Å². The van der Waals surface area contributed by atoms with Crippen molar-refractivity contribution in [3.05, 3.63) is 73.2 Å². The second-order valence-corrected chi connectivity index (χ2v) is 5.92. The molecule has 6 heteroatoms. The van der Waals surface area contributed by atoms with Crippen molar-refractivity contribution in [3.63, 3.8) is 0 Å². The zero-order valence-electron chi connectivity index (χ0n) is 11.3. The van der Waals surface area contributed by atoms with E-state index >= 15 is 0 Å². The Kier molecular flexibility index (Phi) is 5.33. The zero-order valence-corrected chi connectivity index (χ0v) is 13.7. The Morgan fingerprint density at radius 2 is 2.05 bits per heavy atom. The second kappa shape index (κ2) is 7.02. The summed E-state index contributed by atoms with van der Waals surface area (Å²) in [7, 11) is 0. The molecule has 1 atom stereocenters. The predicted octanol–water partition coefficient (Wildman–Crippen LogP) is 4.86. The highest BCUT2D eigenvalue weighted by Gasteiger charge is 2.12. The summed E-state index contributed by atoms with van der Waals surface area (Å²) >= 11 is 9.60. The van der Waals surface area contributed by atoms with Crippen LogP contribution in [0.3, 0.4) is 0 Å². The molecule has 0 aliphatic carbocycles. The van der Waals surface area contributed by atoms with Gasteiger partial charge in [-0.1, -0.05) is 45.7 Å². The van der Waals surface area contributed by atoms with E-state index in [0.29, 0.717) is 17.1 Å². The van der Waals surface area contributed by atoms with E-state index in [2.05, 4.69) is 21.2 Å². The van der Waals surface area contributed by atoms with Crippen molar-refractivity contribution in [1.29, 1.82) is 0 Å². The Morgan fingerprint density at radius 1 is 1.33 bits per heavy atom. The molecule has 2 aromatic rings. The van der Waals surface area contributed by atoms with E-state index in [4.69, 9.17) is 11.6 Å². The first-order chi connectivity index (χ1) is 9.99. The molecule has 1 N–H and O–H groups in total. The highest BCUT2D eigenvalue weighted by molar-refractivity contribution is 9.10. The average molecular weight is 370 g/mol. The summed E-state index contributed by atoms with van der Waals surface area (Å²) < 4.78 is 1.02. The molecule has 0 amide bonds. The van der Waals surface area contributed by atoms with Crippen LogP contribution in [-0.4, -0.2) is 4.92 Å². The number of hydrogen-bond acceptors (Lipinski definition) is 3. The van der Waals surface area contributed by atoms with Crippen molar-refractivity contribution >= 4 is 33.2 Å². The number of non-ortho nitro benzene ring substituents is 1. The van der Waals surface area contributed by atoms with Gasteiger partial charge in [-0.15, -0.1) is 0 Å². The van der Waals surface area contributed by atoms with Gasteiger partial charge in [-0.25, -0.2) is 0 Å². The summed E-state index contributed by atoms with van der Waals surface area (Å²) in [5, 5.41) is 14.7. The van der Waals surface area contributed by atoms with Gasteiger partial charge in [0.2, 0.25) is 0 Å². The average Bonchev–Trinajstić information content (AvgIpc) is 2.46. The maximum absolute atomic E-state index is 10.8. The second-order valence-electron chi connectivity index (χ2n) is 4.66. The lowest BCUT2D eigenvalue weighted by Crippen LogP contribution is -2.18. The highest BCUT2D eigenvalue weighted by Crippen LogP contribution is 2.25. The first kappa shape index (κ1) is 15.9. The number of halogens is 2. The molecule has 0 unspecified atom stereocenters. The van der Waals surface area contributed by atoms with Gasteiger partial charge in [0.1, 0.15) is 0 Å². The Balaban J connectivity index is 2.11. The van der Waals surface area contributed by atoms with Gasteiger partial charge in [-0.05, 0) is 30.2 Å². The quantitative estimate of drug-likeness (QED) is 0.605. The Morgan fingerprint density at radius 3 is 2.71 bits per heavy atom. The molecule has 0 aromatic heterocycles. The van der Waals surface area contributed by atoms with Gasteiger partial charge in [-0.2, -0.15) is 0 Å². The van der Waals surface area contributed by atoms with Crippen LogP contribution < -0.4 is 5.32 Å². The summed E-state index contributed by atoms with van der Waals surface area (Å²) in [5.41, 5.74) is 1.88. The fourth-order valence-corrected chi connectivity index (χ4v) is 2.82. The highest BCUT2D eigenvalue weighted by atomic mass is 79.9. The number of benzene rings is 2. The van der Waals surface area contributed by atoms with Crippen LogP contribution in [0.5, 0.6) is 0 Å². The van der Waals surface area contributed by atoms with Gasteiger partial charge in [0.15, 0.2) is 0 Å². The summed E-state index contributed by atoms with van der Waals surface area (Å²) in [6.45, 7) is 2.49. The lowest BCUT2D eigenvalue weighted by molar-refractivity contribution is -0.384. The van der Waals surface area contributed by atoms with Crippen LogP contribution in [0.2, 0.25) is 5.02 Å². The van der Waals surface area contributed by atoms with Crippen LogP contribution in [0.4, 0.5) is 5.69 Å². The Bertz CT molecular complexity index is 664. The van der Waals surface area contributed by atoms with Crippen molar-refractivity contribution in [2.75, 3.05) is 0 Å². The van der Waals surface area contributed by atoms with E-state index in [-0.39, 0.29) is 11.7 Å². The minimum absolute atomic E-state index is 0.0461. The summed E-state index contributed by atoms with van der Waals surface area (Å²) in [5.74, 6) is 0. The van der Waals surface area contributed by atoms with E-state index < -0.39 is 4.92 Å². The van der Waals surface area contributed by atoms with Crippen molar-refractivity contribution in [3.8, 4) is 0 Å². The maximum Gasteiger partial charge on any atom is 0.269 e. The SMILES string of the molecule is C[C@H](NCc1cc([N+](=O)[O-])ccc1Cl)c1ccccc1Br. The third kappa shape index (κ3) is 4.03. The van der Waals surface area contributed by atoms with E-state index in [9.17, 15) is 10.1 Å². The molecule has 0 heterocycles. The molecule has 0 saturated heterocycles. The summed E-state index contributed by atoms with van der Waals surface area (Å²) in [4.78, 5) is 10.4. The van der Waals surface area contributed by atoms with Gasteiger partial charge in [-0.3, -0.25) is 10.1 Å². The van der Waals surface area contributed by atoms with Crippen molar-refractivity contribution < 1.29 is 4.92 Å². The molecule has 21 heavy (non-hydrogen) atoms. The van der Waals surface area contributed by atoms with Crippen molar-refractivity contribution in [1.82, 2.24) is 5.32 Å². The largest absolute Gasteiger partial charge is 0.306 e. The molecule has 110 valence electrons. The predicted molar refractivity (Wildman–Crippen MR) is 87.5 cm³/mol. The van der Waals surface area contributed by atoms with Crippen LogP contribution in [0.25, 0.3) is 0 Å². The van der Waals surface area contributed by atoms with Crippen LogP contribution in [0, 0.1) is 10.1 Å². The first-order valence-electron chi connectivity index (χ1n) is 6.39. The maximum atomic E-state index is 10.8. The Hall–Kier alpha value is -1.43. The van der Waals surface area contributed by atoms with E-state index in [0.717, 1.165) is 10.0 Å². The lowest BCUT2D eigenvalue weighted by Gasteiger charge is -2.16. The smallest absolute Gasteiger partial charge is 0.269 e. The summed E-state index contributed by atoms with van der Waals surface area (Å²) in [6.07, 6.45) is 0. The molecule has 0 fully saturated rings. The van der Waals surface area contributed by atoms with Crippen LogP contribution >= 0.6 is 27.5 Å². The van der Waals surface area contributed by atoms with Crippen LogP contribution in [0.1, 0.15) is 24.1 Å². The monoisotopic (exact) mass is 368 g/mol. The van der Waals surface area contributed by atoms with Gasteiger partial charge in [0.05, 0.1) is 4.92 Å². The van der Waals surface area contributed by atoms with E-state index in [1.54, 1.807) is 6.07 Å². The molecule has 2 rings (SSSR count). The third-order valence-corrected chi connectivity index (χ3v) is 4.30. The molecule has 0 aliphatic heterocycles. The van der Waals surface area contributed by atoms with Crippen LogP contribution in [0.15, 0.2) is 46.9 Å². The number of nitro benzene ring substituents is 1. The normalized spacial score (nSPS) is 12.1. The molecule has 0 aliphatic rings. The minimum Gasteiger partial charge on any atom is -0.306 e. The fraction of sp³-hybridized carbons (Fsp3) is 0.200. The number of hydrogen-bond donors (Lipinski definition) is 1. The summed E-state index contributed by atoms with van der Waals surface area (Å²) in [6, 6.07) is 12.5. The number of nitrogens with zero attached hydrogens (tertiary/aromatic N) is 1.